The minimum atomic E-state index is -0.787. The van der Waals surface area contributed by atoms with E-state index in [2.05, 4.69) is 118 Å². The lowest BCUT2D eigenvalue weighted by molar-refractivity contribution is -0.167. The van der Waals surface area contributed by atoms with Crippen LogP contribution in [0.5, 0.6) is 0 Å². The summed E-state index contributed by atoms with van der Waals surface area (Å²) >= 11 is 0. The molecule has 0 aliphatic carbocycles. The van der Waals surface area contributed by atoms with Crippen molar-refractivity contribution in [3.8, 4) is 0 Å². The molecule has 6 nitrogen and oxygen atoms in total. The van der Waals surface area contributed by atoms with E-state index in [1.165, 1.54) is 180 Å². The molecule has 0 fully saturated rings. The maximum atomic E-state index is 12.9. The third-order valence-corrected chi connectivity index (χ3v) is 14.5. The molecule has 0 bridgehead atoms. The van der Waals surface area contributed by atoms with Crippen LogP contribution >= 0.6 is 0 Å². The Balaban J connectivity index is 4.29. The summed E-state index contributed by atoms with van der Waals surface area (Å²) in [6, 6.07) is 0. The Kier molecular flexibility index (Phi) is 63.7. The van der Waals surface area contributed by atoms with Crippen LogP contribution in [0, 0.1) is 0 Å². The molecule has 0 aromatic carbocycles. The Hall–Kier alpha value is -3.67. The second kappa shape index (κ2) is 66.8. The molecule has 0 aromatic heterocycles. The standard InChI is InChI=1S/C73H126O6/c1-4-7-10-13-16-19-22-25-28-30-31-32-33-34-35-36-37-38-39-40-41-43-45-48-51-54-57-60-63-66-72(75)78-69-70(68-77-71(74)65-62-59-56-53-50-47-44-27-24-21-18-15-12-9-6-3)79-73(76)67-64-61-58-55-52-49-46-42-29-26-23-20-17-14-11-8-5-2/h7,10,16,18-19,21,25-29,31-32,34-35,44,70H,4-6,8-9,11-15,17,20,22-24,30,33,36-43,45-69H2,1-3H3/b10-7-,19-16-,21-18-,28-25-,29-26-,32-31-,35-34-,44-27-. The molecule has 0 heterocycles. The lowest BCUT2D eigenvalue weighted by Gasteiger charge is -2.18. The van der Waals surface area contributed by atoms with Crippen LogP contribution in [-0.2, 0) is 28.6 Å². The third-order valence-electron chi connectivity index (χ3n) is 14.5. The lowest BCUT2D eigenvalue weighted by atomic mass is 10.0. The van der Waals surface area contributed by atoms with Gasteiger partial charge in [-0.05, 0) is 122 Å². The molecule has 1 unspecified atom stereocenters. The number of unbranched alkanes of at least 4 members (excludes halogenated alkanes) is 34. The Bertz CT molecular complexity index is 1540. The van der Waals surface area contributed by atoms with Crippen LogP contribution in [0.3, 0.4) is 0 Å². The molecule has 0 aliphatic heterocycles. The van der Waals surface area contributed by atoms with Gasteiger partial charge >= 0.3 is 17.9 Å². The molecular weight excluding hydrogens is 973 g/mol. The van der Waals surface area contributed by atoms with Gasteiger partial charge in [-0.2, -0.15) is 0 Å². The van der Waals surface area contributed by atoms with E-state index in [0.29, 0.717) is 19.3 Å². The van der Waals surface area contributed by atoms with E-state index in [0.717, 1.165) is 109 Å². The van der Waals surface area contributed by atoms with E-state index in [4.69, 9.17) is 14.2 Å². The highest BCUT2D eigenvalue weighted by atomic mass is 16.6. The number of carbonyl (C=O) groups is 3. The smallest absolute Gasteiger partial charge is 0.306 e. The molecule has 79 heavy (non-hydrogen) atoms. The SMILES string of the molecule is CC/C=C\C/C=C\C/C=C\C/C=C\C/C=C\CCCCCCCCCCCCCCCC(=O)OCC(COC(=O)CCCCCCC/C=C\C/C=C\CCCCC)OC(=O)CCCCCCCCC/C=C\CCCCCCCC. The van der Waals surface area contributed by atoms with Crippen molar-refractivity contribution in [2.75, 3.05) is 13.2 Å². The number of hydrogen-bond donors (Lipinski definition) is 0. The number of hydrogen-bond acceptors (Lipinski definition) is 6. The number of esters is 3. The fraction of sp³-hybridized carbons (Fsp3) is 0.740. The zero-order valence-corrected chi connectivity index (χ0v) is 52.1. The van der Waals surface area contributed by atoms with Crippen LogP contribution in [0.15, 0.2) is 97.2 Å². The van der Waals surface area contributed by atoms with E-state index in [1.54, 1.807) is 0 Å². The number of rotatable bonds is 61. The molecule has 1 atom stereocenters. The van der Waals surface area contributed by atoms with E-state index >= 15 is 0 Å². The molecular formula is C73H126O6. The Morgan fingerprint density at radius 2 is 0.494 bits per heavy atom. The van der Waals surface area contributed by atoms with Gasteiger partial charge in [0.1, 0.15) is 13.2 Å². The predicted octanol–water partition coefficient (Wildman–Crippen LogP) is 23.2. The number of ether oxygens (including phenoxy) is 3. The first-order valence-electron chi connectivity index (χ1n) is 33.7. The molecule has 0 saturated carbocycles. The highest BCUT2D eigenvalue weighted by Crippen LogP contribution is 2.16. The first kappa shape index (κ1) is 75.3. The number of carbonyl (C=O) groups excluding carboxylic acids is 3. The van der Waals surface area contributed by atoms with Gasteiger partial charge in [-0.15, -0.1) is 0 Å². The summed E-state index contributed by atoms with van der Waals surface area (Å²) in [4.78, 5) is 38.4. The molecule has 6 heteroatoms. The summed E-state index contributed by atoms with van der Waals surface area (Å²) in [6.45, 7) is 6.51. The van der Waals surface area contributed by atoms with Crippen molar-refractivity contribution < 1.29 is 28.6 Å². The van der Waals surface area contributed by atoms with Gasteiger partial charge in [0.2, 0.25) is 0 Å². The average Bonchev–Trinajstić information content (AvgIpc) is 3.45. The molecule has 0 N–H and O–H groups in total. The summed E-state index contributed by atoms with van der Waals surface area (Å²) in [7, 11) is 0. The van der Waals surface area contributed by atoms with Gasteiger partial charge in [-0.3, -0.25) is 14.4 Å². The highest BCUT2D eigenvalue weighted by Gasteiger charge is 2.19. The van der Waals surface area contributed by atoms with Crippen LogP contribution in [0.25, 0.3) is 0 Å². The quantitative estimate of drug-likeness (QED) is 0.0261. The van der Waals surface area contributed by atoms with Crippen molar-refractivity contribution in [1.29, 1.82) is 0 Å². The van der Waals surface area contributed by atoms with Crippen LogP contribution in [-0.4, -0.2) is 37.2 Å². The first-order chi connectivity index (χ1) is 39.0. The number of allylic oxidation sites excluding steroid dienone is 16. The predicted molar refractivity (Wildman–Crippen MR) is 344 cm³/mol. The highest BCUT2D eigenvalue weighted by molar-refractivity contribution is 5.71. The molecule has 0 aromatic rings. The summed E-state index contributed by atoms with van der Waals surface area (Å²) in [5, 5.41) is 0. The van der Waals surface area contributed by atoms with Crippen molar-refractivity contribution in [2.24, 2.45) is 0 Å². The van der Waals surface area contributed by atoms with E-state index in [-0.39, 0.29) is 31.1 Å². The van der Waals surface area contributed by atoms with Gasteiger partial charge in [0.15, 0.2) is 6.10 Å². The van der Waals surface area contributed by atoms with Gasteiger partial charge in [0.25, 0.3) is 0 Å². The minimum Gasteiger partial charge on any atom is -0.462 e. The topological polar surface area (TPSA) is 78.9 Å². The monoisotopic (exact) mass is 1100 g/mol. The first-order valence-corrected chi connectivity index (χ1v) is 33.7. The fourth-order valence-electron chi connectivity index (χ4n) is 9.50. The van der Waals surface area contributed by atoms with E-state index in [1.807, 2.05) is 0 Å². The maximum absolute atomic E-state index is 12.9. The van der Waals surface area contributed by atoms with Crippen molar-refractivity contribution in [3.63, 3.8) is 0 Å². The van der Waals surface area contributed by atoms with Gasteiger partial charge in [0, 0.05) is 19.3 Å². The Morgan fingerprint density at radius 1 is 0.266 bits per heavy atom. The van der Waals surface area contributed by atoms with Crippen LogP contribution in [0.4, 0.5) is 0 Å². The molecule has 0 aliphatic rings. The largest absolute Gasteiger partial charge is 0.462 e. The minimum absolute atomic E-state index is 0.0825. The molecule has 454 valence electrons. The lowest BCUT2D eigenvalue weighted by Crippen LogP contribution is -2.30. The summed E-state index contributed by atoms with van der Waals surface area (Å²) in [5.41, 5.74) is 0. The summed E-state index contributed by atoms with van der Waals surface area (Å²) in [5.74, 6) is -0.889. The van der Waals surface area contributed by atoms with E-state index in [9.17, 15) is 14.4 Å². The molecule has 0 radical (unpaired) electrons. The molecule has 0 saturated heterocycles. The second-order valence-corrected chi connectivity index (χ2v) is 22.3. The van der Waals surface area contributed by atoms with Gasteiger partial charge in [0.05, 0.1) is 0 Å². The second-order valence-electron chi connectivity index (χ2n) is 22.3. The summed E-state index contributed by atoms with van der Waals surface area (Å²) in [6.07, 6.45) is 89.9. The zero-order chi connectivity index (χ0) is 57.1. The van der Waals surface area contributed by atoms with Gasteiger partial charge < -0.3 is 14.2 Å². The summed E-state index contributed by atoms with van der Waals surface area (Å²) < 4.78 is 16.9. The maximum Gasteiger partial charge on any atom is 0.306 e. The molecule has 0 spiro atoms. The van der Waals surface area contributed by atoms with Gasteiger partial charge in [-0.25, -0.2) is 0 Å². The van der Waals surface area contributed by atoms with Crippen molar-refractivity contribution in [3.05, 3.63) is 97.2 Å². The van der Waals surface area contributed by atoms with Crippen molar-refractivity contribution in [1.82, 2.24) is 0 Å². The molecule has 0 rings (SSSR count). The third kappa shape index (κ3) is 65.0. The average molecular weight is 1100 g/mol. The van der Waals surface area contributed by atoms with Crippen molar-refractivity contribution >= 4 is 17.9 Å². The van der Waals surface area contributed by atoms with Crippen LogP contribution in [0.1, 0.15) is 329 Å². The normalized spacial score (nSPS) is 12.7. The zero-order valence-electron chi connectivity index (χ0n) is 52.1. The fourth-order valence-corrected chi connectivity index (χ4v) is 9.50. The molecule has 0 amide bonds. The Morgan fingerprint density at radius 3 is 0.810 bits per heavy atom. The van der Waals surface area contributed by atoms with Gasteiger partial charge in [-0.1, -0.05) is 285 Å². The van der Waals surface area contributed by atoms with Crippen molar-refractivity contribution in [2.45, 2.75) is 335 Å². The van der Waals surface area contributed by atoms with Crippen LogP contribution < -0.4 is 0 Å². The van der Waals surface area contributed by atoms with E-state index < -0.39 is 6.10 Å². The Labute approximate surface area is 489 Å². The van der Waals surface area contributed by atoms with Crippen LogP contribution in [0.2, 0.25) is 0 Å².